The molecule has 28 heavy (non-hydrogen) atoms. The van der Waals surface area contributed by atoms with Crippen LogP contribution < -0.4 is 11.5 Å². The third-order valence-corrected chi connectivity index (χ3v) is 4.40. The van der Waals surface area contributed by atoms with Gasteiger partial charge in [-0.1, -0.05) is 0 Å². The predicted molar refractivity (Wildman–Crippen MR) is 99.0 cm³/mol. The van der Waals surface area contributed by atoms with Crippen molar-refractivity contribution in [2.75, 3.05) is 13.2 Å². The van der Waals surface area contributed by atoms with Gasteiger partial charge in [-0.2, -0.15) is 26.3 Å². The minimum atomic E-state index is -4.21. The van der Waals surface area contributed by atoms with Gasteiger partial charge in [0.1, 0.15) is 13.2 Å². The monoisotopic (exact) mass is 466 g/mol. The van der Waals surface area contributed by atoms with Gasteiger partial charge in [0.2, 0.25) is 0 Å². The molecule has 172 valence electrons. The van der Waals surface area contributed by atoms with Crippen molar-refractivity contribution in [1.82, 2.24) is 0 Å². The van der Waals surface area contributed by atoms with Crippen LogP contribution in [0.5, 0.6) is 0 Å². The highest BCUT2D eigenvalue weighted by atomic mass is 35.5. The average molecular weight is 467 g/mol. The summed E-state index contributed by atoms with van der Waals surface area (Å²) in [6.45, 7) is -2.26. The zero-order chi connectivity index (χ0) is 19.8. The Kier molecular flexibility index (Phi) is 15.2. The summed E-state index contributed by atoms with van der Waals surface area (Å²) in [6.07, 6.45) is -3.25. The van der Waals surface area contributed by atoms with Crippen LogP contribution in [0.25, 0.3) is 0 Å². The fourth-order valence-electron chi connectivity index (χ4n) is 2.94. The van der Waals surface area contributed by atoms with Crippen LogP contribution in [0.15, 0.2) is 0 Å². The second-order valence-corrected chi connectivity index (χ2v) is 6.93. The van der Waals surface area contributed by atoms with Crippen LogP contribution in [0.1, 0.15) is 51.4 Å². The lowest BCUT2D eigenvalue weighted by molar-refractivity contribution is -0.188. The molecule has 0 atom stereocenters. The van der Waals surface area contributed by atoms with E-state index in [9.17, 15) is 26.3 Å². The van der Waals surface area contributed by atoms with Gasteiger partial charge < -0.3 is 20.9 Å². The van der Waals surface area contributed by atoms with Crippen LogP contribution in [0.2, 0.25) is 0 Å². The van der Waals surface area contributed by atoms with E-state index in [0.717, 1.165) is 25.7 Å². The first-order valence-electron chi connectivity index (χ1n) is 8.82. The van der Waals surface area contributed by atoms with E-state index in [1.165, 1.54) is 0 Å². The summed E-state index contributed by atoms with van der Waals surface area (Å²) in [6, 6.07) is 0.288. The van der Waals surface area contributed by atoms with E-state index in [4.69, 9.17) is 20.9 Å². The number of nitrogens with two attached hydrogens (primary N) is 2. The maximum absolute atomic E-state index is 11.7. The van der Waals surface area contributed by atoms with Gasteiger partial charge in [0.25, 0.3) is 0 Å². The number of halogens is 8. The highest BCUT2D eigenvalue weighted by Crippen LogP contribution is 2.24. The minimum Gasteiger partial charge on any atom is -0.369 e. The molecule has 4 nitrogen and oxygen atoms in total. The maximum Gasteiger partial charge on any atom is 0.411 e. The Morgan fingerprint density at radius 3 is 1.04 bits per heavy atom. The van der Waals surface area contributed by atoms with Crippen LogP contribution in [-0.2, 0) is 9.47 Å². The van der Waals surface area contributed by atoms with Crippen LogP contribution in [0.3, 0.4) is 0 Å². The molecule has 0 radical (unpaired) electrons. The second-order valence-electron chi connectivity index (χ2n) is 6.93. The first-order chi connectivity index (χ1) is 11.9. The van der Waals surface area contributed by atoms with Gasteiger partial charge in [-0.05, 0) is 51.4 Å². The third-order valence-electron chi connectivity index (χ3n) is 4.40. The summed E-state index contributed by atoms with van der Waals surface area (Å²) in [5.41, 5.74) is 11.2. The van der Waals surface area contributed by atoms with Crippen molar-refractivity contribution in [3.05, 3.63) is 0 Å². The normalized spacial score (nSPS) is 28.3. The molecule has 0 spiro atoms. The highest BCUT2D eigenvalue weighted by Gasteiger charge is 2.31. The van der Waals surface area contributed by atoms with Gasteiger partial charge in [0.15, 0.2) is 0 Å². The standard InChI is InChI=1S/2C8H14F3NO.2ClH/c2*9-8(10,11)5-13-7-3-1-6(12)2-4-7;;/h2*6-7H,1-5,12H2;2*1H. The second kappa shape index (κ2) is 14.1. The summed E-state index contributed by atoms with van der Waals surface area (Å²) >= 11 is 0. The Hall–Kier alpha value is -0.000000000000000111. The third kappa shape index (κ3) is 15.9. The van der Waals surface area contributed by atoms with E-state index in [-0.39, 0.29) is 49.1 Å². The van der Waals surface area contributed by atoms with Crippen molar-refractivity contribution in [2.45, 2.75) is 88.0 Å². The molecule has 0 heterocycles. The van der Waals surface area contributed by atoms with E-state index in [1.54, 1.807) is 0 Å². The zero-order valence-corrected chi connectivity index (χ0v) is 17.1. The van der Waals surface area contributed by atoms with Gasteiger partial charge in [-0.25, -0.2) is 0 Å². The van der Waals surface area contributed by atoms with Crippen molar-refractivity contribution >= 4 is 24.8 Å². The van der Waals surface area contributed by atoms with E-state index in [2.05, 4.69) is 0 Å². The molecule has 0 aliphatic heterocycles. The molecule has 0 saturated heterocycles. The van der Waals surface area contributed by atoms with Gasteiger partial charge in [-0.15, -0.1) is 24.8 Å². The van der Waals surface area contributed by atoms with Crippen LogP contribution in [0, 0.1) is 0 Å². The maximum atomic E-state index is 11.7. The molecule has 2 rings (SSSR count). The first-order valence-corrected chi connectivity index (χ1v) is 8.82. The molecule has 0 unspecified atom stereocenters. The lowest BCUT2D eigenvalue weighted by Crippen LogP contribution is -2.32. The van der Waals surface area contributed by atoms with Crippen molar-refractivity contribution in [1.29, 1.82) is 0 Å². The Morgan fingerprint density at radius 2 is 0.821 bits per heavy atom. The first kappa shape index (κ1) is 30.2. The summed E-state index contributed by atoms with van der Waals surface area (Å²) in [5.74, 6) is 0. The molecule has 0 aromatic carbocycles. The fraction of sp³-hybridized carbons (Fsp3) is 1.00. The van der Waals surface area contributed by atoms with Gasteiger partial charge in [0.05, 0.1) is 12.2 Å². The summed E-state index contributed by atoms with van der Waals surface area (Å²) in [4.78, 5) is 0. The number of ether oxygens (including phenoxy) is 2. The number of rotatable bonds is 4. The Labute approximate surface area is 173 Å². The molecule has 0 amide bonds. The highest BCUT2D eigenvalue weighted by molar-refractivity contribution is 5.85. The molecule has 2 aliphatic carbocycles. The zero-order valence-electron chi connectivity index (χ0n) is 15.4. The summed E-state index contributed by atoms with van der Waals surface area (Å²) in [5, 5.41) is 0. The van der Waals surface area contributed by atoms with Crippen molar-refractivity contribution < 1.29 is 35.8 Å². The minimum absolute atomic E-state index is 0. The molecule has 0 aromatic rings. The SMILES string of the molecule is Cl.Cl.NC1CCC(OCC(F)(F)F)CC1.NC1CCC(OCC(F)(F)F)CC1. The molecular weight excluding hydrogens is 437 g/mol. The average Bonchev–Trinajstić information content (AvgIpc) is 2.53. The van der Waals surface area contributed by atoms with Gasteiger partial charge in [0, 0.05) is 12.1 Å². The van der Waals surface area contributed by atoms with Crippen LogP contribution in [-0.4, -0.2) is 49.9 Å². The van der Waals surface area contributed by atoms with Crippen molar-refractivity contribution in [3.8, 4) is 0 Å². The van der Waals surface area contributed by atoms with Crippen LogP contribution >= 0.6 is 24.8 Å². The van der Waals surface area contributed by atoms with E-state index < -0.39 is 25.6 Å². The summed E-state index contributed by atoms with van der Waals surface area (Å²) in [7, 11) is 0. The fourth-order valence-corrected chi connectivity index (χ4v) is 2.94. The van der Waals surface area contributed by atoms with E-state index >= 15 is 0 Å². The van der Waals surface area contributed by atoms with Crippen molar-refractivity contribution in [3.63, 3.8) is 0 Å². The molecule has 2 saturated carbocycles. The molecule has 0 aromatic heterocycles. The van der Waals surface area contributed by atoms with E-state index in [0.29, 0.717) is 25.7 Å². The van der Waals surface area contributed by atoms with Crippen LogP contribution in [0.4, 0.5) is 26.3 Å². The molecule has 2 aliphatic rings. The quantitative estimate of drug-likeness (QED) is 0.597. The molecule has 4 N–H and O–H groups in total. The topological polar surface area (TPSA) is 70.5 Å². The molecule has 0 bridgehead atoms. The number of hydrogen-bond donors (Lipinski definition) is 2. The molecule has 2 fully saturated rings. The lowest BCUT2D eigenvalue weighted by atomic mass is 9.94. The van der Waals surface area contributed by atoms with Crippen molar-refractivity contribution in [2.24, 2.45) is 11.5 Å². The lowest BCUT2D eigenvalue weighted by Gasteiger charge is -2.26. The van der Waals surface area contributed by atoms with Gasteiger partial charge in [-0.3, -0.25) is 0 Å². The van der Waals surface area contributed by atoms with E-state index in [1.807, 2.05) is 0 Å². The smallest absolute Gasteiger partial charge is 0.369 e. The Bertz CT molecular complexity index is 350. The Morgan fingerprint density at radius 1 is 0.571 bits per heavy atom. The van der Waals surface area contributed by atoms with Gasteiger partial charge >= 0.3 is 12.4 Å². The predicted octanol–water partition coefficient (Wildman–Crippen LogP) is 4.51. The largest absolute Gasteiger partial charge is 0.411 e. The Balaban J connectivity index is 0. The number of alkyl halides is 6. The summed E-state index contributed by atoms with van der Waals surface area (Å²) < 4.78 is 79.9. The molecular formula is C16H30Cl2F6N2O2. The molecule has 12 heteroatoms. The number of hydrogen-bond acceptors (Lipinski definition) is 4.